The number of nitrogens with zero attached hydrogens (tertiary/aromatic N) is 2. The van der Waals surface area contributed by atoms with Gasteiger partial charge in [0, 0.05) is 6.54 Å². The summed E-state index contributed by atoms with van der Waals surface area (Å²) in [6, 6.07) is 4.12. The van der Waals surface area contributed by atoms with E-state index in [4.69, 9.17) is 14.5 Å². The smallest absolute Gasteiger partial charge is 0.241 e. The summed E-state index contributed by atoms with van der Waals surface area (Å²) in [5.41, 5.74) is 4.89. The molecule has 1 heterocycles. The van der Waals surface area contributed by atoms with Crippen LogP contribution in [0.2, 0.25) is 0 Å². The Balaban J connectivity index is 2.43. The topological polar surface area (TPSA) is 56.3 Å². The van der Waals surface area contributed by atoms with Crippen LogP contribution in [0.15, 0.2) is 12.1 Å². The van der Waals surface area contributed by atoms with Crippen molar-refractivity contribution in [1.29, 1.82) is 0 Å². The molecule has 1 N–H and O–H groups in total. The van der Waals surface area contributed by atoms with Crippen molar-refractivity contribution < 1.29 is 9.47 Å². The Morgan fingerprint density at radius 1 is 1.00 bits per heavy atom. The predicted molar refractivity (Wildman–Crippen MR) is 103 cm³/mol. The van der Waals surface area contributed by atoms with Gasteiger partial charge < -0.3 is 14.8 Å². The lowest BCUT2D eigenvalue weighted by molar-refractivity contribution is 0.398. The molecule has 0 aliphatic carbocycles. The molecule has 0 fully saturated rings. The van der Waals surface area contributed by atoms with Gasteiger partial charge in [0.1, 0.15) is 11.4 Å². The molecule has 5 nitrogen and oxygen atoms in total. The van der Waals surface area contributed by atoms with Gasteiger partial charge in [-0.15, -0.1) is 0 Å². The van der Waals surface area contributed by atoms with Crippen molar-refractivity contribution in [2.75, 3.05) is 26.1 Å². The molecule has 0 amide bonds. The fourth-order valence-corrected chi connectivity index (χ4v) is 2.97. The lowest BCUT2D eigenvalue weighted by atomic mass is 10.0. The van der Waals surface area contributed by atoms with Crippen LogP contribution in [-0.2, 0) is 0 Å². The minimum atomic E-state index is 0.570. The van der Waals surface area contributed by atoms with Gasteiger partial charge >= 0.3 is 0 Å². The maximum Gasteiger partial charge on any atom is 0.241 e. The molecule has 0 bridgehead atoms. The van der Waals surface area contributed by atoms with Crippen LogP contribution in [-0.4, -0.2) is 30.7 Å². The van der Waals surface area contributed by atoms with Crippen molar-refractivity contribution in [2.24, 2.45) is 0 Å². The third-order valence-electron chi connectivity index (χ3n) is 4.22. The lowest BCUT2D eigenvalue weighted by Gasteiger charge is -2.16. The van der Waals surface area contributed by atoms with E-state index >= 15 is 0 Å². The molecule has 0 spiro atoms. The summed E-state index contributed by atoms with van der Waals surface area (Å²) < 4.78 is 11.1. The van der Waals surface area contributed by atoms with E-state index < -0.39 is 0 Å². The normalized spacial score (nSPS) is 10.6. The van der Waals surface area contributed by atoms with Gasteiger partial charge in [-0.1, -0.05) is 25.8 Å². The van der Waals surface area contributed by atoms with Gasteiger partial charge in [-0.2, -0.15) is 4.98 Å². The zero-order valence-electron chi connectivity index (χ0n) is 16.2. The van der Waals surface area contributed by atoms with Crippen LogP contribution in [0.25, 0.3) is 11.4 Å². The summed E-state index contributed by atoms with van der Waals surface area (Å²) >= 11 is 0. The minimum Gasteiger partial charge on any atom is -0.496 e. The van der Waals surface area contributed by atoms with Crippen molar-refractivity contribution in [3.05, 3.63) is 29.0 Å². The van der Waals surface area contributed by atoms with Gasteiger partial charge in [-0.25, -0.2) is 4.98 Å². The molecule has 1 aromatic carbocycles. The Bertz CT molecular complexity index is 729. The molecule has 136 valence electrons. The Morgan fingerprint density at radius 2 is 1.76 bits per heavy atom. The maximum atomic E-state index is 5.56. The Hall–Kier alpha value is -2.30. The number of hydrogen-bond acceptors (Lipinski definition) is 5. The van der Waals surface area contributed by atoms with Crippen LogP contribution in [0, 0.1) is 20.8 Å². The van der Waals surface area contributed by atoms with Crippen LogP contribution < -0.4 is 14.8 Å². The molecule has 5 heteroatoms. The first-order valence-corrected chi connectivity index (χ1v) is 8.83. The summed E-state index contributed by atoms with van der Waals surface area (Å²) in [5, 5.41) is 3.42. The molecule has 0 saturated carbocycles. The molecular formula is C20H29N3O2. The van der Waals surface area contributed by atoms with Gasteiger partial charge in [0.05, 0.1) is 25.5 Å². The SMILES string of the molecule is CCCCCNc1c(C)nc(-c2c(C)cc(C)cc2OC)nc1OC. The summed E-state index contributed by atoms with van der Waals surface area (Å²) in [4.78, 5) is 9.36. The summed E-state index contributed by atoms with van der Waals surface area (Å²) in [6.07, 6.45) is 3.51. The number of benzene rings is 1. The second kappa shape index (κ2) is 8.70. The monoisotopic (exact) mass is 343 g/mol. The van der Waals surface area contributed by atoms with Gasteiger partial charge in [0.15, 0.2) is 5.82 Å². The van der Waals surface area contributed by atoms with E-state index in [0.717, 1.165) is 46.8 Å². The molecule has 0 atom stereocenters. The first kappa shape index (κ1) is 19.0. The number of unbranched alkanes of at least 4 members (excludes halogenated alkanes) is 2. The molecule has 2 aromatic rings. The molecule has 0 aliphatic heterocycles. The van der Waals surface area contributed by atoms with E-state index in [2.05, 4.69) is 30.2 Å². The van der Waals surface area contributed by atoms with Crippen molar-refractivity contribution in [1.82, 2.24) is 9.97 Å². The molecule has 0 radical (unpaired) electrons. The number of aryl methyl sites for hydroxylation is 3. The number of nitrogens with one attached hydrogen (secondary N) is 1. The van der Waals surface area contributed by atoms with Crippen LogP contribution in [0.1, 0.15) is 43.0 Å². The molecule has 0 aliphatic rings. The lowest BCUT2D eigenvalue weighted by Crippen LogP contribution is -2.09. The second-order valence-electron chi connectivity index (χ2n) is 6.31. The first-order valence-electron chi connectivity index (χ1n) is 8.83. The number of hydrogen-bond donors (Lipinski definition) is 1. The quantitative estimate of drug-likeness (QED) is 0.705. The molecular weight excluding hydrogens is 314 g/mol. The van der Waals surface area contributed by atoms with Crippen molar-refractivity contribution in [2.45, 2.75) is 47.0 Å². The average Bonchev–Trinajstić information content (AvgIpc) is 2.58. The highest BCUT2D eigenvalue weighted by Crippen LogP contribution is 2.35. The second-order valence-corrected chi connectivity index (χ2v) is 6.31. The van der Waals surface area contributed by atoms with Gasteiger partial charge in [-0.05, 0) is 44.4 Å². The average molecular weight is 343 g/mol. The van der Waals surface area contributed by atoms with Crippen LogP contribution in [0.3, 0.4) is 0 Å². The number of aromatic nitrogens is 2. The molecule has 0 saturated heterocycles. The van der Waals surface area contributed by atoms with Gasteiger partial charge in [0.2, 0.25) is 5.88 Å². The largest absolute Gasteiger partial charge is 0.496 e. The number of rotatable bonds is 8. The standard InChI is InChI=1S/C20H29N3O2/c1-7-8-9-10-21-18-15(4)22-19(23-20(18)25-6)17-14(3)11-13(2)12-16(17)24-5/h11-12,21H,7-10H2,1-6H3. The zero-order valence-corrected chi connectivity index (χ0v) is 16.2. The number of methoxy groups -OCH3 is 2. The molecule has 25 heavy (non-hydrogen) atoms. The Labute approximate surface area is 150 Å². The van der Waals surface area contributed by atoms with Gasteiger partial charge in [0.25, 0.3) is 0 Å². The van der Waals surface area contributed by atoms with Crippen molar-refractivity contribution in [3.8, 4) is 23.0 Å². The van der Waals surface area contributed by atoms with Crippen LogP contribution in [0.5, 0.6) is 11.6 Å². The van der Waals surface area contributed by atoms with Crippen molar-refractivity contribution in [3.63, 3.8) is 0 Å². The van der Waals surface area contributed by atoms with E-state index in [-0.39, 0.29) is 0 Å². The van der Waals surface area contributed by atoms with E-state index in [1.54, 1.807) is 14.2 Å². The molecule has 2 rings (SSSR count). The Kier molecular flexibility index (Phi) is 6.62. The summed E-state index contributed by atoms with van der Waals surface area (Å²) in [5.74, 6) is 1.98. The highest BCUT2D eigenvalue weighted by molar-refractivity contribution is 5.71. The zero-order chi connectivity index (χ0) is 18.4. The van der Waals surface area contributed by atoms with E-state index in [9.17, 15) is 0 Å². The Morgan fingerprint density at radius 3 is 2.40 bits per heavy atom. The minimum absolute atomic E-state index is 0.570. The fourth-order valence-electron chi connectivity index (χ4n) is 2.97. The van der Waals surface area contributed by atoms with E-state index in [1.807, 2.05) is 19.9 Å². The third kappa shape index (κ3) is 4.41. The van der Waals surface area contributed by atoms with E-state index in [0.29, 0.717) is 11.7 Å². The highest BCUT2D eigenvalue weighted by atomic mass is 16.5. The van der Waals surface area contributed by atoms with Gasteiger partial charge in [-0.3, -0.25) is 0 Å². The third-order valence-corrected chi connectivity index (χ3v) is 4.22. The van der Waals surface area contributed by atoms with Crippen LogP contribution >= 0.6 is 0 Å². The number of anilines is 1. The number of ether oxygens (including phenoxy) is 2. The molecule has 1 aromatic heterocycles. The van der Waals surface area contributed by atoms with Crippen LogP contribution in [0.4, 0.5) is 5.69 Å². The summed E-state index contributed by atoms with van der Waals surface area (Å²) in [6.45, 7) is 9.16. The summed E-state index contributed by atoms with van der Waals surface area (Å²) in [7, 11) is 3.31. The molecule has 0 unspecified atom stereocenters. The fraction of sp³-hybridized carbons (Fsp3) is 0.500. The van der Waals surface area contributed by atoms with Crippen molar-refractivity contribution >= 4 is 5.69 Å². The first-order chi connectivity index (χ1) is 12.0. The predicted octanol–water partition coefficient (Wildman–Crippen LogP) is 4.69. The highest BCUT2D eigenvalue weighted by Gasteiger charge is 2.18. The van der Waals surface area contributed by atoms with E-state index in [1.165, 1.54) is 12.8 Å². The maximum absolute atomic E-state index is 5.56.